The molecule has 0 aromatic heterocycles. The lowest BCUT2D eigenvalue weighted by Crippen LogP contribution is -2.54. The molecule has 27 heavy (non-hydrogen) atoms. The van der Waals surface area contributed by atoms with Gasteiger partial charge < -0.3 is 10.2 Å². The molecular formula is C20H24N4O3. The number of hydrogen-bond acceptors (Lipinski definition) is 4. The van der Waals surface area contributed by atoms with Gasteiger partial charge in [-0.3, -0.25) is 14.5 Å². The van der Waals surface area contributed by atoms with Gasteiger partial charge in [-0.25, -0.2) is 4.79 Å². The number of nitrogens with zero attached hydrogens (tertiary/aromatic N) is 3. The number of amides is 4. The summed E-state index contributed by atoms with van der Waals surface area (Å²) in [5.41, 5.74) is 0.583. The third-order valence-electron chi connectivity index (χ3n) is 5.72. The molecule has 3 rings (SSSR count). The van der Waals surface area contributed by atoms with Gasteiger partial charge in [0.2, 0.25) is 5.91 Å². The molecule has 1 N–H and O–H groups in total. The number of carbonyl (C=O) groups excluding carboxylic acids is 3. The van der Waals surface area contributed by atoms with Crippen LogP contribution in [0.5, 0.6) is 0 Å². The summed E-state index contributed by atoms with van der Waals surface area (Å²) in [6.07, 6.45) is 3.48. The molecule has 1 aliphatic carbocycles. The lowest BCUT2D eigenvalue weighted by atomic mass is 9.73. The first-order chi connectivity index (χ1) is 12.9. The summed E-state index contributed by atoms with van der Waals surface area (Å²) in [5, 5.41) is 11.7. The highest BCUT2D eigenvalue weighted by Gasteiger charge is 2.55. The van der Waals surface area contributed by atoms with Crippen LogP contribution in [-0.2, 0) is 16.1 Å². The van der Waals surface area contributed by atoms with Crippen molar-refractivity contribution in [1.82, 2.24) is 15.1 Å². The van der Waals surface area contributed by atoms with Crippen molar-refractivity contribution < 1.29 is 14.4 Å². The minimum atomic E-state index is -0.846. The maximum Gasteiger partial charge on any atom is 0.325 e. The van der Waals surface area contributed by atoms with Gasteiger partial charge in [-0.1, -0.05) is 31.9 Å². The molecule has 2 unspecified atom stereocenters. The lowest BCUT2D eigenvalue weighted by Gasteiger charge is -2.36. The zero-order valence-corrected chi connectivity index (χ0v) is 15.7. The molecule has 142 valence electrons. The molecule has 7 nitrogen and oxygen atoms in total. The average molecular weight is 368 g/mol. The van der Waals surface area contributed by atoms with Crippen molar-refractivity contribution in [3.05, 3.63) is 35.4 Å². The summed E-state index contributed by atoms with van der Waals surface area (Å²) in [4.78, 5) is 40.4. The van der Waals surface area contributed by atoms with Crippen molar-refractivity contribution in [2.24, 2.45) is 5.92 Å². The second-order valence-electron chi connectivity index (χ2n) is 7.50. The summed E-state index contributed by atoms with van der Waals surface area (Å²) in [7, 11) is 1.64. The van der Waals surface area contributed by atoms with E-state index in [2.05, 4.69) is 11.4 Å². The predicted octanol–water partition coefficient (Wildman–Crippen LogP) is 2.02. The van der Waals surface area contributed by atoms with Crippen LogP contribution in [0, 0.1) is 17.2 Å². The zero-order chi connectivity index (χ0) is 19.6. The van der Waals surface area contributed by atoms with E-state index in [1.807, 2.05) is 6.92 Å². The molecule has 1 saturated carbocycles. The maximum atomic E-state index is 12.9. The zero-order valence-electron chi connectivity index (χ0n) is 15.7. The van der Waals surface area contributed by atoms with E-state index in [0.717, 1.165) is 29.7 Å². The molecule has 4 amide bonds. The second kappa shape index (κ2) is 7.39. The van der Waals surface area contributed by atoms with Crippen LogP contribution in [0.1, 0.15) is 43.7 Å². The van der Waals surface area contributed by atoms with Crippen molar-refractivity contribution in [2.45, 2.75) is 44.7 Å². The molecule has 1 aliphatic heterocycles. The standard InChI is InChI=1S/C20H24N4O3/c1-14-5-3-4-10-20(14)18(26)24(19(27)22-20)13-17(25)23(2)12-16-8-6-15(11-21)7-9-16/h6-9,14H,3-5,10,12-13H2,1-2H3,(H,22,27). The molecule has 1 aromatic rings. The number of hydrogen-bond donors (Lipinski definition) is 1. The van der Waals surface area contributed by atoms with Crippen LogP contribution in [0.3, 0.4) is 0 Å². The SMILES string of the molecule is CC1CCCCC12NC(=O)N(CC(=O)N(C)Cc1ccc(C#N)cc1)C2=O. The molecule has 2 atom stereocenters. The molecule has 1 aromatic carbocycles. The van der Waals surface area contributed by atoms with E-state index >= 15 is 0 Å². The first-order valence-electron chi connectivity index (χ1n) is 9.24. The Balaban J connectivity index is 1.65. The van der Waals surface area contributed by atoms with Gasteiger partial charge in [0.05, 0.1) is 11.6 Å². The van der Waals surface area contributed by atoms with Crippen LogP contribution in [0.15, 0.2) is 24.3 Å². The summed E-state index contributed by atoms with van der Waals surface area (Å²) >= 11 is 0. The Morgan fingerprint density at radius 1 is 1.33 bits per heavy atom. The minimum absolute atomic E-state index is 0.0687. The monoisotopic (exact) mass is 368 g/mol. The third-order valence-corrected chi connectivity index (χ3v) is 5.72. The van der Waals surface area contributed by atoms with Crippen LogP contribution in [0.25, 0.3) is 0 Å². The largest absolute Gasteiger partial charge is 0.340 e. The number of likely N-dealkylation sites (N-methyl/N-ethyl adjacent to an activating group) is 1. The molecule has 1 heterocycles. The third kappa shape index (κ3) is 3.52. The Kier molecular flexibility index (Phi) is 5.17. The average Bonchev–Trinajstić information content (AvgIpc) is 2.89. The molecule has 1 spiro atoms. The van der Waals surface area contributed by atoms with Crippen molar-refractivity contribution in [3.63, 3.8) is 0 Å². The number of carbonyl (C=O) groups is 3. The van der Waals surface area contributed by atoms with Crippen LogP contribution in [-0.4, -0.2) is 46.8 Å². The van der Waals surface area contributed by atoms with E-state index in [0.29, 0.717) is 18.5 Å². The Hall–Kier alpha value is -2.88. The van der Waals surface area contributed by atoms with Crippen molar-refractivity contribution >= 4 is 17.8 Å². The van der Waals surface area contributed by atoms with Crippen LogP contribution in [0.2, 0.25) is 0 Å². The predicted molar refractivity (Wildman–Crippen MR) is 98.2 cm³/mol. The van der Waals surface area contributed by atoms with E-state index < -0.39 is 11.6 Å². The maximum absolute atomic E-state index is 12.9. The Labute approximate surface area is 158 Å². The number of imide groups is 1. The highest BCUT2D eigenvalue weighted by molar-refractivity contribution is 6.09. The molecule has 2 fully saturated rings. The van der Waals surface area contributed by atoms with E-state index in [-0.39, 0.29) is 24.3 Å². The topological polar surface area (TPSA) is 93.5 Å². The number of nitrogens with one attached hydrogen (secondary N) is 1. The van der Waals surface area contributed by atoms with Gasteiger partial charge >= 0.3 is 6.03 Å². The van der Waals surface area contributed by atoms with E-state index in [1.54, 1.807) is 31.3 Å². The molecule has 0 radical (unpaired) electrons. The first kappa shape index (κ1) is 18.9. The van der Waals surface area contributed by atoms with Gasteiger partial charge in [0.25, 0.3) is 5.91 Å². The smallest absolute Gasteiger partial charge is 0.325 e. The normalized spacial score (nSPS) is 24.6. The molecule has 1 saturated heterocycles. The van der Waals surface area contributed by atoms with Crippen LogP contribution < -0.4 is 5.32 Å². The lowest BCUT2D eigenvalue weighted by molar-refractivity contribution is -0.140. The minimum Gasteiger partial charge on any atom is -0.340 e. The number of rotatable bonds is 4. The van der Waals surface area contributed by atoms with Gasteiger partial charge in [-0.05, 0) is 36.5 Å². The summed E-state index contributed by atoms with van der Waals surface area (Å²) < 4.78 is 0. The first-order valence-corrected chi connectivity index (χ1v) is 9.24. The number of benzene rings is 1. The van der Waals surface area contributed by atoms with Gasteiger partial charge in [-0.2, -0.15) is 5.26 Å². The fourth-order valence-corrected chi connectivity index (χ4v) is 3.94. The second-order valence-corrected chi connectivity index (χ2v) is 7.50. The number of nitriles is 1. The van der Waals surface area contributed by atoms with Crippen molar-refractivity contribution in [3.8, 4) is 6.07 Å². The van der Waals surface area contributed by atoms with Gasteiger partial charge in [0.15, 0.2) is 0 Å². The highest BCUT2D eigenvalue weighted by atomic mass is 16.2. The van der Waals surface area contributed by atoms with E-state index in [4.69, 9.17) is 5.26 Å². The molecule has 2 aliphatic rings. The quantitative estimate of drug-likeness (QED) is 0.823. The van der Waals surface area contributed by atoms with E-state index in [9.17, 15) is 14.4 Å². The Bertz CT molecular complexity index is 798. The van der Waals surface area contributed by atoms with Gasteiger partial charge in [0.1, 0.15) is 12.1 Å². The Morgan fingerprint density at radius 2 is 2.04 bits per heavy atom. The fraction of sp³-hybridized carbons (Fsp3) is 0.500. The molecule has 0 bridgehead atoms. The number of urea groups is 1. The summed E-state index contributed by atoms with van der Waals surface area (Å²) in [5.74, 6) is -0.512. The van der Waals surface area contributed by atoms with Crippen molar-refractivity contribution in [2.75, 3.05) is 13.6 Å². The summed E-state index contributed by atoms with van der Waals surface area (Å²) in [6.45, 7) is 2.07. The fourth-order valence-electron chi connectivity index (χ4n) is 3.94. The van der Waals surface area contributed by atoms with Gasteiger partial charge in [-0.15, -0.1) is 0 Å². The summed E-state index contributed by atoms with van der Waals surface area (Å²) in [6, 6.07) is 8.53. The van der Waals surface area contributed by atoms with Gasteiger partial charge in [0, 0.05) is 13.6 Å². The van der Waals surface area contributed by atoms with Crippen LogP contribution >= 0.6 is 0 Å². The van der Waals surface area contributed by atoms with Crippen LogP contribution in [0.4, 0.5) is 4.79 Å². The molecule has 7 heteroatoms. The Morgan fingerprint density at radius 3 is 2.67 bits per heavy atom. The highest BCUT2D eigenvalue weighted by Crippen LogP contribution is 2.38. The van der Waals surface area contributed by atoms with Crippen molar-refractivity contribution in [1.29, 1.82) is 5.26 Å². The molecular weight excluding hydrogens is 344 g/mol. The van der Waals surface area contributed by atoms with E-state index in [1.165, 1.54) is 4.90 Å².